The molecule has 0 atom stereocenters. The molecule has 0 fully saturated rings. The zero-order valence-corrected chi connectivity index (χ0v) is 19.2. The molecule has 0 aliphatic carbocycles. The molecule has 0 saturated carbocycles. The molecule has 5 aromatic rings. The maximum absolute atomic E-state index is 12.2. The molecule has 10 nitrogen and oxygen atoms in total. The van der Waals surface area contributed by atoms with Gasteiger partial charge in [0.15, 0.2) is 11.6 Å². The Morgan fingerprint density at radius 2 is 1.00 bits per heavy atom. The lowest BCUT2D eigenvalue weighted by Crippen LogP contribution is -2.15. The molecule has 0 aliphatic rings. The smallest absolute Gasteiger partial charge is 0.244 e. The van der Waals surface area contributed by atoms with Crippen LogP contribution in [-0.4, -0.2) is 42.2 Å². The molecule has 36 heavy (non-hydrogen) atoms. The molecule has 0 aliphatic heterocycles. The fraction of sp³-hybridized carbons (Fsp3) is 0.0769. The molecule has 10 heteroatoms. The van der Waals surface area contributed by atoms with Crippen molar-refractivity contribution in [3.8, 4) is 0 Å². The van der Waals surface area contributed by atoms with Gasteiger partial charge in [-0.2, -0.15) is 29.8 Å². The van der Waals surface area contributed by atoms with Crippen LogP contribution in [0.4, 0.5) is 0 Å². The van der Waals surface area contributed by atoms with Gasteiger partial charge in [-0.1, -0.05) is 84.9 Å². The van der Waals surface area contributed by atoms with Gasteiger partial charge >= 0.3 is 11.4 Å². The summed E-state index contributed by atoms with van der Waals surface area (Å²) in [5.74, 6) is 1.03. The molecule has 0 saturated heterocycles. The first kappa shape index (κ1) is 22.7. The van der Waals surface area contributed by atoms with Crippen LogP contribution in [0.25, 0.3) is 0 Å². The topological polar surface area (TPSA) is 126 Å². The van der Waals surface area contributed by atoms with Gasteiger partial charge in [0.2, 0.25) is 0 Å². The van der Waals surface area contributed by atoms with Crippen molar-refractivity contribution in [2.45, 2.75) is 12.8 Å². The number of hydrogen-bond donors (Lipinski definition) is 2. The highest BCUT2D eigenvalue weighted by Crippen LogP contribution is 2.07. The maximum Gasteiger partial charge on any atom is 0.364 e. The van der Waals surface area contributed by atoms with Crippen LogP contribution in [0.15, 0.2) is 105 Å². The van der Waals surface area contributed by atoms with E-state index in [1.54, 1.807) is 12.4 Å². The minimum absolute atomic E-state index is 0.405. The summed E-state index contributed by atoms with van der Waals surface area (Å²) < 4.78 is 2.50. The molecule has 0 amide bonds. The molecule has 5 rings (SSSR count). The molecular formula is C26H22N8O2. The fourth-order valence-electron chi connectivity index (χ4n) is 3.59. The zero-order chi connectivity index (χ0) is 24.7. The van der Waals surface area contributed by atoms with E-state index < -0.39 is 11.4 Å². The predicted molar refractivity (Wildman–Crippen MR) is 137 cm³/mol. The average molecular weight is 479 g/mol. The predicted octanol–water partition coefficient (Wildman–Crippen LogP) is 2.40. The number of aromatic nitrogens is 6. The summed E-state index contributed by atoms with van der Waals surface area (Å²) in [6, 6.07) is 26.9. The zero-order valence-electron chi connectivity index (χ0n) is 19.2. The molecule has 3 aromatic carbocycles. The number of H-pyrrole nitrogens is 2. The summed E-state index contributed by atoms with van der Waals surface area (Å²) >= 11 is 0. The second-order valence-corrected chi connectivity index (χ2v) is 7.99. The monoisotopic (exact) mass is 478 g/mol. The normalized spacial score (nSPS) is 11.6. The molecule has 0 spiro atoms. The van der Waals surface area contributed by atoms with E-state index >= 15 is 0 Å². The largest absolute Gasteiger partial charge is 0.364 e. The van der Waals surface area contributed by atoms with E-state index in [-0.39, 0.29) is 0 Å². The molecule has 178 valence electrons. The van der Waals surface area contributed by atoms with Crippen molar-refractivity contribution in [2.75, 3.05) is 0 Å². The number of nitrogens with one attached hydrogen (secondary N) is 2. The first-order chi connectivity index (χ1) is 17.7. The summed E-state index contributed by atoms with van der Waals surface area (Å²) in [5, 5.41) is 21.7. The third kappa shape index (κ3) is 5.33. The van der Waals surface area contributed by atoms with Gasteiger partial charge in [0.25, 0.3) is 0 Å². The molecule has 0 unspecified atom stereocenters. The Balaban J connectivity index is 1.29. The van der Waals surface area contributed by atoms with E-state index in [0.717, 1.165) is 22.3 Å². The lowest BCUT2D eigenvalue weighted by atomic mass is 10.1. The Morgan fingerprint density at radius 1 is 0.611 bits per heavy atom. The Kier molecular flexibility index (Phi) is 6.57. The van der Waals surface area contributed by atoms with Crippen LogP contribution in [0.1, 0.15) is 33.9 Å². The van der Waals surface area contributed by atoms with E-state index in [9.17, 15) is 9.59 Å². The third-order valence-corrected chi connectivity index (χ3v) is 5.43. The van der Waals surface area contributed by atoms with Gasteiger partial charge in [0, 0.05) is 12.8 Å². The lowest BCUT2D eigenvalue weighted by Gasteiger charge is -2.01. The van der Waals surface area contributed by atoms with Gasteiger partial charge in [-0.3, -0.25) is 0 Å². The standard InChI is InChI=1S/C26H22N8O2/c35-25-31-29-23(15-19-7-3-1-4-8-19)33(25)27-17-21-11-13-22(14-12-21)18-28-34-24(30-32-26(34)36)16-20-9-5-2-6-10-20/h1-14,17-18H,15-16H2,(H,31,35)(H,32,36)/b27-17+,28-18+. The van der Waals surface area contributed by atoms with Crippen LogP contribution < -0.4 is 11.4 Å². The van der Waals surface area contributed by atoms with Gasteiger partial charge in [-0.25, -0.2) is 19.8 Å². The molecule has 0 bridgehead atoms. The molecular weight excluding hydrogens is 456 g/mol. The van der Waals surface area contributed by atoms with Gasteiger partial charge < -0.3 is 0 Å². The van der Waals surface area contributed by atoms with Crippen LogP contribution in [-0.2, 0) is 12.8 Å². The molecule has 2 N–H and O–H groups in total. The van der Waals surface area contributed by atoms with Crippen molar-refractivity contribution in [3.63, 3.8) is 0 Å². The molecule has 2 aromatic heterocycles. The number of rotatable bonds is 8. The summed E-state index contributed by atoms with van der Waals surface area (Å²) in [4.78, 5) is 24.3. The highest BCUT2D eigenvalue weighted by atomic mass is 16.2. The fourth-order valence-corrected chi connectivity index (χ4v) is 3.59. The SMILES string of the molecule is O=c1[nH]nc(Cc2ccccc2)n1/N=C/c1ccc(/C=N/n2c(Cc3ccccc3)n[nH]c2=O)cc1. The van der Waals surface area contributed by atoms with Crippen LogP contribution in [0.3, 0.4) is 0 Å². The van der Waals surface area contributed by atoms with Crippen molar-refractivity contribution in [2.24, 2.45) is 10.2 Å². The number of benzene rings is 3. The van der Waals surface area contributed by atoms with Crippen LogP contribution in [0.2, 0.25) is 0 Å². The van der Waals surface area contributed by atoms with Gasteiger partial charge in [0.05, 0.1) is 12.4 Å². The van der Waals surface area contributed by atoms with Crippen molar-refractivity contribution >= 4 is 12.4 Å². The summed E-state index contributed by atoms with van der Waals surface area (Å²) in [7, 11) is 0. The minimum Gasteiger partial charge on any atom is -0.244 e. The second kappa shape index (κ2) is 10.4. The van der Waals surface area contributed by atoms with E-state index in [0.29, 0.717) is 24.5 Å². The Bertz CT molecular complexity index is 1490. The lowest BCUT2D eigenvalue weighted by molar-refractivity contribution is 0.775. The molecule has 2 heterocycles. The number of aromatic amines is 2. The highest BCUT2D eigenvalue weighted by Gasteiger charge is 2.09. The van der Waals surface area contributed by atoms with Crippen LogP contribution in [0, 0.1) is 0 Å². The van der Waals surface area contributed by atoms with Gasteiger partial charge in [-0.15, -0.1) is 0 Å². The quantitative estimate of drug-likeness (QED) is 0.332. The highest BCUT2D eigenvalue weighted by molar-refractivity contribution is 5.84. The van der Waals surface area contributed by atoms with E-state index in [4.69, 9.17) is 0 Å². The maximum atomic E-state index is 12.2. The molecule has 0 radical (unpaired) electrons. The van der Waals surface area contributed by atoms with Crippen LogP contribution in [0.5, 0.6) is 0 Å². The Hall–Kier alpha value is -5.12. The first-order valence-electron chi connectivity index (χ1n) is 11.2. The average Bonchev–Trinajstić information content (AvgIpc) is 3.44. The van der Waals surface area contributed by atoms with Crippen LogP contribution >= 0.6 is 0 Å². The van der Waals surface area contributed by atoms with Crippen molar-refractivity contribution in [1.82, 2.24) is 29.7 Å². The van der Waals surface area contributed by atoms with E-state index in [2.05, 4.69) is 30.6 Å². The first-order valence-corrected chi connectivity index (χ1v) is 11.2. The van der Waals surface area contributed by atoms with Crippen molar-refractivity contribution in [1.29, 1.82) is 0 Å². The number of hydrogen-bond acceptors (Lipinski definition) is 6. The minimum atomic E-state index is -0.405. The Morgan fingerprint density at radius 3 is 1.39 bits per heavy atom. The summed E-state index contributed by atoms with van der Waals surface area (Å²) in [6.45, 7) is 0. The summed E-state index contributed by atoms with van der Waals surface area (Å²) in [6.07, 6.45) is 4.13. The number of nitrogens with zero attached hydrogens (tertiary/aromatic N) is 6. The Labute approximate surface area is 205 Å². The van der Waals surface area contributed by atoms with Crippen molar-refractivity contribution < 1.29 is 0 Å². The summed E-state index contributed by atoms with van der Waals surface area (Å²) in [5.41, 5.74) is 2.82. The van der Waals surface area contributed by atoms with Gasteiger partial charge in [0.1, 0.15) is 0 Å². The van der Waals surface area contributed by atoms with E-state index in [1.807, 2.05) is 84.9 Å². The van der Waals surface area contributed by atoms with Gasteiger partial charge in [-0.05, 0) is 22.3 Å². The third-order valence-electron chi connectivity index (χ3n) is 5.43. The second-order valence-electron chi connectivity index (χ2n) is 7.99. The van der Waals surface area contributed by atoms with E-state index in [1.165, 1.54) is 9.35 Å². The van der Waals surface area contributed by atoms with Crippen molar-refractivity contribution in [3.05, 3.63) is 140 Å².